The second-order valence-corrected chi connectivity index (χ2v) is 4.85. The zero-order valence-electron chi connectivity index (χ0n) is 7.66. The van der Waals surface area contributed by atoms with Gasteiger partial charge in [-0.1, -0.05) is 6.08 Å². The summed E-state index contributed by atoms with van der Waals surface area (Å²) in [7, 11) is -0.653. The molecule has 3 unspecified atom stereocenters. The highest BCUT2D eigenvalue weighted by molar-refractivity contribution is 7.85. The van der Waals surface area contributed by atoms with Gasteiger partial charge in [0.05, 0.1) is 11.5 Å². The Morgan fingerprint density at radius 3 is 2.92 bits per heavy atom. The van der Waals surface area contributed by atoms with Crippen LogP contribution in [-0.2, 0) is 15.5 Å². The summed E-state index contributed by atoms with van der Waals surface area (Å²) >= 11 is 0. The van der Waals surface area contributed by atoms with E-state index in [-0.39, 0.29) is 11.4 Å². The fourth-order valence-corrected chi connectivity index (χ4v) is 3.12. The maximum atomic E-state index is 11.4. The van der Waals surface area contributed by atoms with E-state index in [1.165, 1.54) is 0 Å². The van der Waals surface area contributed by atoms with E-state index >= 15 is 0 Å². The van der Waals surface area contributed by atoms with Crippen LogP contribution in [0.2, 0.25) is 0 Å². The summed E-state index contributed by atoms with van der Waals surface area (Å²) in [5, 5.41) is 0.251. The Bertz CT molecular complexity index is 189. The Morgan fingerprint density at radius 1 is 1.67 bits per heavy atom. The van der Waals surface area contributed by atoms with E-state index in [9.17, 15) is 4.21 Å². The van der Waals surface area contributed by atoms with Gasteiger partial charge in [-0.3, -0.25) is 4.21 Å². The number of hydrogen-bond acceptors (Lipinski definition) is 2. The van der Waals surface area contributed by atoms with Crippen molar-refractivity contribution in [3.63, 3.8) is 0 Å². The highest BCUT2D eigenvalue weighted by Gasteiger charge is 2.28. The minimum atomic E-state index is -0.653. The van der Waals surface area contributed by atoms with E-state index in [0.717, 1.165) is 18.6 Å². The van der Waals surface area contributed by atoms with Gasteiger partial charge in [-0.25, -0.2) is 0 Å². The van der Waals surface area contributed by atoms with Crippen LogP contribution >= 0.6 is 0 Å². The molecule has 1 aliphatic rings. The SMILES string of the molecule is C/C=C/OC(C)C1CCCS1=O. The molecule has 2 nitrogen and oxygen atoms in total. The van der Waals surface area contributed by atoms with Gasteiger partial charge in [0.1, 0.15) is 6.10 Å². The molecule has 0 spiro atoms. The van der Waals surface area contributed by atoms with Crippen molar-refractivity contribution >= 4 is 10.8 Å². The molecule has 3 atom stereocenters. The van der Waals surface area contributed by atoms with Crippen LogP contribution in [0, 0.1) is 0 Å². The van der Waals surface area contributed by atoms with Crippen molar-refractivity contribution < 1.29 is 8.95 Å². The van der Waals surface area contributed by atoms with E-state index < -0.39 is 10.8 Å². The van der Waals surface area contributed by atoms with E-state index in [2.05, 4.69) is 0 Å². The maximum absolute atomic E-state index is 11.4. The number of hydrogen-bond donors (Lipinski definition) is 0. The summed E-state index contributed by atoms with van der Waals surface area (Å²) < 4.78 is 16.8. The minimum absolute atomic E-state index is 0.101. The summed E-state index contributed by atoms with van der Waals surface area (Å²) in [6.07, 6.45) is 5.77. The molecule has 1 heterocycles. The molecule has 0 aliphatic carbocycles. The molecule has 12 heavy (non-hydrogen) atoms. The van der Waals surface area contributed by atoms with Crippen LogP contribution in [0.1, 0.15) is 26.7 Å². The van der Waals surface area contributed by atoms with Crippen LogP contribution in [0.5, 0.6) is 0 Å². The largest absolute Gasteiger partial charge is 0.497 e. The molecule has 0 bridgehead atoms. The van der Waals surface area contributed by atoms with Gasteiger partial charge < -0.3 is 4.74 Å². The third-order valence-corrected chi connectivity index (χ3v) is 4.11. The van der Waals surface area contributed by atoms with Crippen LogP contribution in [0.25, 0.3) is 0 Å². The fraction of sp³-hybridized carbons (Fsp3) is 0.778. The second-order valence-electron chi connectivity index (χ2n) is 3.08. The zero-order chi connectivity index (χ0) is 8.97. The topological polar surface area (TPSA) is 26.3 Å². The van der Waals surface area contributed by atoms with Gasteiger partial charge in [0.15, 0.2) is 0 Å². The van der Waals surface area contributed by atoms with Crippen molar-refractivity contribution in [1.82, 2.24) is 0 Å². The summed E-state index contributed by atoms with van der Waals surface area (Å²) in [4.78, 5) is 0. The monoisotopic (exact) mass is 188 g/mol. The third-order valence-electron chi connectivity index (χ3n) is 2.12. The average molecular weight is 188 g/mol. The number of allylic oxidation sites excluding steroid dienone is 1. The maximum Gasteiger partial charge on any atom is 0.109 e. The first-order valence-electron chi connectivity index (χ1n) is 4.39. The van der Waals surface area contributed by atoms with Gasteiger partial charge in [0.25, 0.3) is 0 Å². The van der Waals surface area contributed by atoms with Gasteiger partial charge in [-0.15, -0.1) is 0 Å². The fourth-order valence-electron chi connectivity index (χ4n) is 1.45. The van der Waals surface area contributed by atoms with Crippen molar-refractivity contribution in [2.45, 2.75) is 38.0 Å². The van der Waals surface area contributed by atoms with Crippen molar-refractivity contribution in [2.24, 2.45) is 0 Å². The van der Waals surface area contributed by atoms with Gasteiger partial charge in [-0.05, 0) is 26.7 Å². The predicted molar refractivity (Wildman–Crippen MR) is 51.4 cm³/mol. The molecule has 0 aromatic rings. The Balaban J connectivity index is 2.40. The molecular formula is C9H16O2S. The number of rotatable bonds is 3. The molecule has 0 N–H and O–H groups in total. The van der Waals surface area contributed by atoms with Crippen LogP contribution in [-0.4, -0.2) is 21.3 Å². The molecule has 1 rings (SSSR count). The lowest BCUT2D eigenvalue weighted by molar-refractivity contribution is 0.156. The summed E-state index contributed by atoms with van der Waals surface area (Å²) in [6.45, 7) is 3.91. The quantitative estimate of drug-likeness (QED) is 0.632. The molecule has 0 radical (unpaired) electrons. The Morgan fingerprint density at radius 2 is 2.42 bits per heavy atom. The molecule has 1 fully saturated rings. The normalized spacial score (nSPS) is 32.5. The average Bonchev–Trinajstić information content (AvgIpc) is 2.47. The van der Waals surface area contributed by atoms with Crippen LogP contribution in [0.4, 0.5) is 0 Å². The van der Waals surface area contributed by atoms with E-state index in [1.807, 2.05) is 19.9 Å². The minimum Gasteiger partial charge on any atom is -0.497 e. The van der Waals surface area contributed by atoms with Crippen molar-refractivity contribution in [2.75, 3.05) is 5.75 Å². The molecule has 0 aromatic carbocycles. The lowest BCUT2D eigenvalue weighted by atomic mass is 10.2. The predicted octanol–water partition coefficient (Wildman–Crippen LogP) is 1.84. The highest BCUT2D eigenvalue weighted by Crippen LogP contribution is 2.21. The summed E-state index contributed by atoms with van der Waals surface area (Å²) in [5.41, 5.74) is 0. The van der Waals surface area contributed by atoms with Crippen LogP contribution in [0.3, 0.4) is 0 Å². The van der Waals surface area contributed by atoms with Crippen LogP contribution in [0.15, 0.2) is 12.3 Å². The Hall–Kier alpha value is -0.310. The lowest BCUT2D eigenvalue weighted by Gasteiger charge is -2.16. The molecule has 3 heteroatoms. The molecule has 1 saturated heterocycles. The molecule has 0 amide bonds. The second kappa shape index (κ2) is 4.65. The van der Waals surface area contributed by atoms with Gasteiger partial charge in [-0.2, -0.15) is 0 Å². The van der Waals surface area contributed by atoms with Crippen molar-refractivity contribution in [1.29, 1.82) is 0 Å². The van der Waals surface area contributed by atoms with Gasteiger partial charge >= 0.3 is 0 Å². The van der Waals surface area contributed by atoms with E-state index in [0.29, 0.717) is 0 Å². The van der Waals surface area contributed by atoms with Crippen molar-refractivity contribution in [3.8, 4) is 0 Å². The first-order valence-corrected chi connectivity index (χ1v) is 5.77. The zero-order valence-corrected chi connectivity index (χ0v) is 8.47. The standard InChI is InChI=1S/C9H16O2S/c1-3-6-11-8(2)9-5-4-7-12(9)10/h3,6,8-9H,4-5,7H2,1-2H3/b6-3+. The first-order chi connectivity index (χ1) is 5.75. The van der Waals surface area contributed by atoms with Crippen LogP contribution < -0.4 is 0 Å². The molecular weight excluding hydrogens is 172 g/mol. The van der Waals surface area contributed by atoms with Gasteiger partial charge in [0.2, 0.25) is 0 Å². The highest BCUT2D eigenvalue weighted by atomic mass is 32.2. The van der Waals surface area contributed by atoms with Gasteiger partial charge in [0, 0.05) is 16.6 Å². The Kier molecular flexibility index (Phi) is 3.79. The molecule has 70 valence electrons. The van der Waals surface area contributed by atoms with E-state index in [1.54, 1.807) is 6.26 Å². The smallest absolute Gasteiger partial charge is 0.109 e. The Labute approximate surface area is 76.5 Å². The molecule has 0 aromatic heterocycles. The summed E-state index contributed by atoms with van der Waals surface area (Å²) in [5.74, 6) is 0.855. The molecule has 0 saturated carbocycles. The molecule has 1 aliphatic heterocycles. The lowest BCUT2D eigenvalue weighted by Crippen LogP contribution is -2.25. The van der Waals surface area contributed by atoms with Crippen molar-refractivity contribution in [3.05, 3.63) is 12.3 Å². The number of ether oxygens (including phenoxy) is 1. The summed E-state index contributed by atoms with van der Waals surface area (Å²) in [6, 6.07) is 0. The third kappa shape index (κ3) is 2.34. The van der Waals surface area contributed by atoms with E-state index in [4.69, 9.17) is 4.74 Å². The first kappa shape index (κ1) is 9.78.